The highest BCUT2D eigenvalue weighted by Crippen LogP contribution is 2.29. The number of benzene rings is 1. The minimum absolute atomic E-state index is 0.0794. The van der Waals surface area contributed by atoms with Crippen molar-refractivity contribution in [3.63, 3.8) is 0 Å². The van der Waals surface area contributed by atoms with Crippen LogP contribution < -0.4 is 14.8 Å². The standard InChI is InChI=1S/C19H24ClN3O4/c1-19(2)10-12(6-7-27-19)21-18(24)16-8-13(22-23-16)11-26-17-5-4-14(25-3)9-15(17)20/h4-5,8-9,12H,6-7,10-11H2,1-3H3,(H,21,24)(H,22,23)/t12-/m1/s1. The summed E-state index contributed by atoms with van der Waals surface area (Å²) in [5.74, 6) is 0.981. The Balaban J connectivity index is 1.55. The minimum atomic E-state index is -0.224. The van der Waals surface area contributed by atoms with E-state index in [-0.39, 0.29) is 24.2 Å². The first-order valence-electron chi connectivity index (χ1n) is 8.82. The van der Waals surface area contributed by atoms with E-state index in [2.05, 4.69) is 15.5 Å². The number of halogens is 1. The molecular weight excluding hydrogens is 370 g/mol. The molecule has 8 heteroatoms. The van der Waals surface area contributed by atoms with E-state index in [9.17, 15) is 4.79 Å². The first kappa shape index (κ1) is 19.5. The molecule has 0 aliphatic carbocycles. The zero-order chi connectivity index (χ0) is 19.4. The minimum Gasteiger partial charge on any atom is -0.497 e. The Morgan fingerprint density at radius 2 is 2.26 bits per heavy atom. The van der Waals surface area contributed by atoms with Crippen LogP contribution in [0, 0.1) is 0 Å². The summed E-state index contributed by atoms with van der Waals surface area (Å²) in [6.07, 6.45) is 1.57. The van der Waals surface area contributed by atoms with Gasteiger partial charge in [0.1, 0.15) is 23.8 Å². The van der Waals surface area contributed by atoms with Crippen LogP contribution in [0.3, 0.4) is 0 Å². The first-order chi connectivity index (χ1) is 12.9. The van der Waals surface area contributed by atoms with Crippen molar-refractivity contribution in [3.8, 4) is 11.5 Å². The van der Waals surface area contributed by atoms with Gasteiger partial charge >= 0.3 is 0 Å². The Morgan fingerprint density at radius 1 is 1.44 bits per heavy atom. The molecule has 1 aromatic carbocycles. The van der Waals surface area contributed by atoms with Crippen molar-refractivity contribution < 1.29 is 19.0 Å². The van der Waals surface area contributed by atoms with Gasteiger partial charge in [-0.3, -0.25) is 9.89 Å². The van der Waals surface area contributed by atoms with E-state index in [4.69, 9.17) is 25.8 Å². The van der Waals surface area contributed by atoms with Crippen LogP contribution >= 0.6 is 11.6 Å². The monoisotopic (exact) mass is 393 g/mol. The smallest absolute Gasteiger partial charge is 0.271 e. The fourth-order valence-corrected chi connectivity index (χ4v) is 3.27. The van der Waals surface area contributed by atoms with Crippen molar-refractivity contribution in [2.24, 2.45) is 0 Å². The van der Waals surface area contributed by atoms with Crippen LogP contribution in [0.1, 0.15) is 42.9 Å². The second kappa shape index (κ2) is 8.19. The van der Waals surface area contributed by atoms with E-state index >= 15 is 0 Å². The number of aromatic nitrogens is 2. The van der Waals surface area contributed by atoms with Crippen LogP contribution in [0.15, 0.2) is 24.3 Å². The number of aromatic amines is 1. The van der Waals surface area contributed by atoms with Gasteiger partial charge in [-0.1, -0.05) is 11.6 Å². The molecule has 2 N–H and O–H groups in total. The van der Waals surface area contributed by atoms with Crippen molar-refractivity contribution in [3.05, 3.63) is 40.7 Å². The van der Waals surface area contributed by atoms with Gasteiger partial charge in [0, 0.05) is 18.7 Å². The van der Waals surface area contributed by atoms with Crippen LogP contribution in [-0.4, -0.2) is 41.5 Å². The number of H-pyrrole nitrogens is 1. The summed E-state index contributed by atoms with van der Waals surface area (Å²) >= 11 is 6.16. The Hall–Kier alpha value is -2.25. The Labute approximate surface area is 163 Å². The number of ether oxygens (including phenoxy) is 3. The lowest BCUT2D eigenvalue weighted by Crippen LogP contribution is -2.45. The zero-order valence-corrected chi connectivity index (χ0v) is 16.4. The summed E-state index contributed by atoms with van der Waals surface area (Å²) in [5.41, 5.74) is 0.788. The lowest BCUT2D eigenvalue weighted by atomic mass is 9.94. The van der Waals surface area contributed by atoms with E-state index in [0.29, 0.717) is 34.5 Å². The first-order valence-corrected chi connectivity index (χ1v) is 9.19. The lowest BCUT2D eigenvalue weighted by Gasteiger charge is -2.35. The maximum atomic E-state index is 12.4. The highest BCUT2D eigenvalue weighted by Gasteiger charge is 2.30. The molecule has 1 aliphatic rings. The maximum Gasteiger partial charge on any atom is 0.271 e. The van der Waals surface area contributed by atoms with Crippen LogP contribution in [0.25, 0.3) is 0 Å². The molecule has 1 fully saturated rings. The largest absolute Gasteiger partial charge is 0.497 e. The Morgan fingerprint density at radius 3 is 2.96 bits per heavy atom. The van der Waals surface area contributed by atoms with Gasteiger partial charge in [-0.05, 0) is 44.9 Å². The highest BCUT2D eigenvalue weighted by atomic mass is 35.5. The lowest BCUT2D eigenvalue weighted by molar-refractivity contribution is -0.0615. The number of amides is 1. The molecule has 0 unspecified atom stereocenters. The third-order valence-corrected chi connectivity index (χ3v) is 4.71. The van der Waals surface area contributed by atoms with Gasteiger partial charge in [0.15, 0.2) is 0 Å². The number of nitrogens with zero attached hydrogens (tertiary/aromatic N) is 1. The average molecular weight is 394 g/mol. The summed E-state index contributed by atoms with van der Waals surface area (Å²) in [7, 11) is 1.57. The van der Waals surface area contributed by atoms with Crippen molar-refractivity contribution >= 4 is 17.5 Å². The van der Waals surface area contributed by atoms with E-state index in [1.165, 1.54) is 0 Å². The normalized spacial score (nSPS) is 18.7. The SMILES string of the molecule is COc1ccc(OCc2cc(C(=O)N[C@@H]3CCOC(C)(C)C3)n[nH]2)c(Cl)c1. The van der Waals surface area contributed by atoms with Crippen molar-refractivity contribution in [1.29, 1.82) is 0 Å². The van der Waals surface area contributed by atoms with Crippen molar-refractivity contribution in [2.45, 2.75) is 44.9 Å². The third-order valence-electron chi connectivity index (χ3n) is 4.42. The Kier molecular flexibility index (Phi) is 5.92. The molecule has 1 aliphatic heterocycles. The molecule has 2 heterocycles. The van der Waals surface area contributed by atoms with Gasteiger partial charge in [0.05, 0.1) is 23.4 Å². The number of carbonyl (C=O) groups excluding carboxylic acids is 1. The number of hydrogen-bond donors (Lipinski definition) is 2. The second-order valence-electron chi connectivity index (χ2n) is 7.13. The molecule has 1 aromatic heterocycles. The number of methoxy groups -OCH3 is 1. The topological polar surface area (TPSA) is 85.5 Å². The summed E-state index contributed by atoms with van der Waals surface area (Å²) in [6, 6.07) is 6.94. The molecule has 1 atom stereocenters. The molecule has 0 saturated carbocycles. The molecule has 0 radical (unpaired) electrons. The van der Waals surface area contributed by atoms with E-state index in [0.717, 1.165) is 12.8 Å². The van der Waals surface area contributed by atoms with Gasteiger partial charge in [0.25, 0.3) is 5.91 Å². The summed E-state index contributed by atoms with van der Waals surface area (Å²) in [6.45, 7) is 4.91. The molecule has 27 heavy (non-hydrogen) atoms. The molecule has 2 aromatic rings. The fraction of sp³-hybridized carbons (Fsp3) is 0.474. The number of nitrogens with one attached hydrogen (secondary N) is 2. The average Bonchev–Trinajstić information content (AvgIpc) is 3.09. The molecule has 0 bridgehead atoms. The Bertz CT molecular complexity index is 806. The van der Waals surface area contributed by atoms with Gasteiger partial charge in [-0.25, -0.2) is 0 Å². The molecule has 0 spiro atoms. The quantitative estimate of drug-likeness (QED) is 0.786. The van der Waals surface area contributed by atoms with Crippen LogP contribution in [0.4, 0.5) is 0 Å². The summed E-state index contributed by atoms with van der Waals surface area (Å²) < 4.78 is 16.5. The van der Waals surface area contributed by atoms with Crippen LogP contribution in [0.2, 0.25) is 5.02 Å². The maximum absolute atomic E-state index is 12.4. The molecule has 146 valence electrons. The van der Waals surface area contributed by atoms with E-state index in [1.807, 2.05) is 13.8 Å². The second-order valence-corrected chi connectivity index (χ2v) is 7.54. The van der Waals surface area contributed by atoms with Gasteiger partial charge in [-0.15, -0.1) is 0 Å². The predicted octanol–water partition coefficient (Wildman–Crippen LogP) is 3.34. The number of rotatable bonds is 6. The zero-order valence-electron chi connectivity index (χ0n) is 15.7. The summed E-state index contributed by atoms with van der Waals surface area (Å²) in [5, 5.41) is 10.4. The highest BCUT2D eigenvalue weighted by molar-refractivity contribution is 6.32. The molecular formula is C19H24ClN3O4. The van der Waals surface area contributed by atoms with E-state index in [1.54, 1.807) is 31.4 Å². The number of hydrogen-bond acceptors (Lipinski definition) is 5. The third kappa shape index (κ3) is 5.14. The molecule has 7 nitrogen and oxygen atoms in total. The predicted molar refractivity (Wildman–Crippen MR) is 101 cm³/mol. The van der Waals surface area contributed by atoms with Gasteiger partial charge in [0.2, 0.25) is 0 Å². The molecule has 1 saturated heterocycles. The molecule has 3 rings (SSSR count). The van der Waals surface area contributed by atoms with Crippen LogP contribution in [-0.2, 0) is 11.3 Å². The van der Waals surface area contributed by atoms with Gasteiger partial charge < -0.3 is 19.5 Å². The van der Waals surface area contributed by atoms with Crippen molar-refractivity contribution in [2.75, 3.05) is 13.7 Å². The summed E-state index contributed by atoms with van der Waals surface area (Å²) in [4.78, 5) is 12.4. The van der Waals surface area contributed by atoms with Crippen LogP contribution in [0.5, 0.6) is 11.5 Å². The van der Waals surface area contributed by atoms with Crippen molar-refractivity contribution in [1.82, 2.24) is 15.5 Å². The van der Waals surface area contributed by atoms with Gasteiger partial charge in [-0.2, -0.15) is 5.10 Å². The number of carbonyl (C=O) groups is 1. The van der Waals surface area contributed by atoms with E-state index < -0.39 is 0 Å². The molecule has 1 amide bonds. The fourth-order valence-electron chi connectivity index (χ4n) is 3.05.